The van der Waals surface area contributed by atoms with Crippen molar-refractivity contribution in [2.45, 2.75) is 23.3 Å². The summed E-state index contributed by atoms with van der Waals surface area (Å²) in [6.07, 6.45) is 0.655. The highest BCUT2D eigenvalue weighted by molar-refractivity contribution is 7.85. The molecule has 0 aliphatic heterocycles. The molecule has 6 heteroatoms. The summed E-state index contributed by atoms with van der Waals surface area (Å²) < 4.78 is 12.4. The second kappa shape index (κ2) is 5.91. The van der Waals surface area contributed by atoms with E-state index in [1.807, 2.05) is 13.0 Å². The Labute approximate surface area is 118 Å². The minimum absolute atomic E-state index is 0.0386. The van der Waals surface area contributed by atoms with Gasteiger partial charge in [0, 0.05) is 15.6 Å². The van der Waals surface area contributed by atoms with Crippen LogP contribution in [-0.2, 0) is 17.2 Å². The number of hydrogen-bond donors (Lipinski definition) is 0. The average Bonchev–Trinajstić information content (AvgIpc) is 2.46. The van der Waals surface area contributed by atoms with Gasteiger partial charge in [0.25, 0.3) is 0 Å². The van der Waals surface area contributed by atoms with E-state index in [4.69, 9.17) is 16.9 Å². The molecule has 4 nitrogen and oxygen atoms in total. The maximum absolute atomic E-state index is 12.4. The Morgan fingerprint density at radius 2 is 2.00 bits per heavy atom. The van der Waals surface area contributed by atoms with Crippen LogP contribution in [0, 0.1) is 11.3 Å². The van der Waals surface area contributed by atoms with Gasteiger partial charge < -0.3 is 0 Å². The standard InChI is InChI=1S/C13H10ClN3OS/c1-2-10-7-13(17-12(8-15)16-10)19(18)11-5-3-9(14)4-6-11/h3-7H,2H2,1H3. The topological polar surface area (TPSA) is 66.6 Å². The molecule has 0 spiro atoms. The average molecular weight is 292 g/mol. The molecular formula is C13H10ClN3OS. The lowest BCUT2D eigenvalue weighted by Gasteiger charge is -2.04. The third kappa shape index (κ3) is 3.16. The van der Waals surface area contributed by atoms with E-state index in [2.05, 4.69) is 9.97 Å². The van der Waals surface area contributed by atoms with Crippen LogP contribution in [0.3, 0.4) is 0 Å². The fraction of sp³-hybridized carbons (Fsp3) is 0.154. The summed E-state index contributed by atoms with van der Waals surface area (Å²) in [6.45, 7) is 1.92. The van der Waals surface area contributed by atoms with Crippen molar-refractivity contribution in [1.29, 1.82) is 5.26 Å². The first-order chi connectivity index (χ1) is 9.13. The van der Waals surface area contributed by atoms with Gasteiger partial charge >= 0.3 is 0 Å². The summed E-state index contributed by atoms with van der Waals surface area (Å²) in [4.78, 5) is 8.62. The highest BCUT2D eigenvalue weighted by atomic mass is 35.5. The number of aromatic nitrogens is 2. The van der Waals surface area contributed by atoms with E-state index in [1.165, 1.54) is 0 Å². The monoisotopic (exact) mass is 291 g/mol. The molecule has 0 bridgehead atoms. The van der Waals surface area contributed by atoms with Gasteiger partial charge in [-0.15, -0.1) is 0 Å². The Morgan fingerprint density at radius 3 is 2.58 bits per heavy atom. The molecule has 0 aliphatic carbocycles. The molecule has 1 atom stereocenters. The number of rotatable bonds is 3. The van der Waals surface area contributed by atoms with Gasteiger partial charge in [0.15, 0.2) is 0 Å². The van der Waals surface area contributed by atoms with E-state index in [-0.39, 0.29) is 5.82 Å². The van der Waals surface area contributed by atoms with E-state index in [0.29, 0.717) is 27.1 Å². The number of hydrogen-bond acceptors (Lipinski definition) is 4. The normalized spacial score (nSPS) is 11.8. The van der Waals surface area contributed by atoms with Gasteiger partial charge in [0.2, 0.25) is 5.82 Å². The quantitative estimate of drug-likeness (QED) is 0.816. The molecule has 0 aliphatic rings. The van der Waals surface area contributed by atoms with Gasteiger partial charge in [-0.25, -0.2) is 14.2 Å². The van der Waals surface area contributed by atoms with Gasteiger partial charge in [-0.05, 0) is 36.8 Å². The van der Waals surface area contributed by atoms with E-state index >= 15 is 0 Å². The Hall–Kier alpha value is -1.77. The summed E-state index contributed by atoms with van der Waals surface area (Å²) >= 11 is 5.79. The molecule has 0 fully saturated rings. The summed E-state index contributed by atoms with van der Waals surface area (Å²) in [5.41, 5.74) is 0.698. The second-order valence-electron chi connectivity index (χ2n) is 3.71. The molecule has 96 valence electrons. The summed E-state index contributed by atoms with van der Waals surface area (Å²) in [5, 5.41) is 9.80. The van der Waals surface area contributed by atoms with E-state index in [9.17, 15) is 4.21 Å². The highest BCUT2D eigenvalue weighted by Crippen LogP contribution is 2.18. The Bertz CT molecular complexity index is 665. The van der Waals surface area contributed by atoms with Crippen LogP contribution in [0.15, 0.2) is 40.3 Å². The fourth-order valence-corrected chi connectivity index (χ4v) is 2.64. The zero-order chi connectivity index (χ0) is 13.8. The summed E-state index contributed by atoms with van der Waals surface area (Å²) in [7, 11) is -1.44. The minimum atomic E-state index is -1.44. The number of halogens is 1. The predicted octanol–water partition coefficient (Wildman–Crippen LogP) is 2.73. The van der Waals surface area contributed by atoms with Crippen molar-refractivity contribution in [1.82, 2.24) is 9.97 Å². The van der Waals surface area contributed by atoms with Crippen LogP contribution in [-0.4, -0.2) is 14.2 Å². The van der Waals surface area contributed by atoms with Gasteiger partial charge in [0.1, 0.15) is 21.9 Å². The maximum atomic E-state index is 12.4. The molecule has 0 radical (unpaired) electrons. The van der Waals surface area contributed by atoms with E-state index < -0.39 is 10.8 Å². The number of nitrogens with zero attached hydrogens (tertiary/aromatic N) is 3. The number of nitriles is 1. The lowest BCUT2D eigenvalue weighted by atomic mass is 10.3. The Balaban J connectivity index is 2.44. The van der Waals surface area contributed by atoms with Crippen LogP contribution >= 0.6 is 11.6 Å². The maximum Gasteiger partial charge on any atom is 0.233 e. The molecule has 0 saturated heterocycles. The second-order valence-corrected chi connectivity index (χ2v) is 5.57. The van der Waals surface area contributed by atoms with Crippen molar-refractivity contribution in [3.05, 3.63) is 46.9 Å². The Morgan fingerprint density at radius 1 is 1.32 bits per heavy atom. The lowest BCUT2D eigenvalue weighted by Crippen LogP contribution is -2.03. The van der Waals surface area contributed by atoms with Gasteiger partial charge in [-0.1, -0.05) is 18.5 Å². The third-order valence-electron chi connectivity index (χ3n) is 2.44. The van der Waals surface area contributed by atoms with Crippen molar-refractivity contribution in [2.75, 3.05) is 0 Å². The molecule has 0 saturated carbocycles. The van der Waals surface area contributed by atoms with Crippen molar-refractivity contribution < 1.29 is 4.21 Å². The largest absolute Gasteiger partial charge is 0.247 e. The molecule has 0 amide bonds. The smallest absolute Gasteiger partial charge is 0.233 e. The molecule has 1 aromatic heterocycles. The van der Waals surface area contributed by atoms with Crippen LogP contribution < -0.4 is 0 Å². The first-order valence-corrected chi connectivity index (χ1v) is 7.12. The fourth-order valence-electron chi connectivity index (χ4n) is 1.48. The van der Waals surface area contributed by atoms with Gasteiger partial charge in [-0.2, -0.15) is 5.26 Å². The molecule has 1 unspecified atom stereocenters. The van der Waals surface area contributed by atoms with Crippen molar-refractivity contribution in [2.24, 2.45) is 0 Å². The number of aryl methyl sites for hydroxylation is 1. The molecule has 2 rings (SSSR count). The zero-order valence-corrected chi connectivity index (χ0v) is 11.7. The first kappa shape index (κ1) is 13.7. The van der Waals surface area contributed by atoms with Crippen LogP contribution in [0.25, 0.3) is 0 Å². The van der Waals surface area contributed by atoms with Crippen LogP contribution in [0.4, 0.5) is 0 Å². The molecule has 0 N–H and O–H groups in total. The third-order valence-corrected chi connectivity index (χ3v) is 3.98. The zero-order valence-electron chi connectivity index (χ0n) is 10.1. The molecular weight excluding hydrogens is 282 g/mol. The highest BCUT2D eigenvalue weighted by Gasteiger charge is 2.12. The van der Waals surface area contributed by atoms with Crippen molar-refractivity contribution in [3.8, 4) is 6.07 Å². The summed E-state index contributed by atoms with van der Waals surface area (Å²) in [5.74, 6) is 0.0386. The summed E-state index contributed by atoms with van der Waals surface area (Å²) in [6, 6.07) is 10.2. The van der Waals surface area contributed by atoms with Crippen molar-refractivity contribution in [3.63, 3.8) is 0 Å². The Kier molecular flexibility index (Phi) is 4.25. The number of benzene rings is 1. The van der Waals surface area contributed by atoms with E-state index in [1.54, 1.807) is 30.3 Å². The minimum Gasteiger partial charge on any atom is -0.247 e. The van der Waals surface area contributed by atoms with E-state index in [0.717, 1.165) is 0 Å². The first-order valence-electron chi connectivity index (χ1n) is 5.59. The van der Waals surface area contributed by atoms with Gasteiger partial charge in [-0.3, -0.25) is 0 Å². The molecule has 19 heavy (non-hydrogen) atoms. The van der Waals surface area contributed by atoms with Crippen LogP contribution in [0.2, 0.25) is 5.02 Å². The molecule has 1 heterocycles. The van der Waals surface area contributed by atoms with Crippen molar-refractivity contribution >= 4 is 22.4 Å². The predicted molar refractivity (Wildman–Crippen MR) is 72.3 cm³/mol. The molecule has 2 aromatic rings. The lowest BCUT2D eigenvalue weighted by molar-refractivity contribution is 0.679. The van der Waals surface area contributed by atoms with Crippen LogP contribution in [0.5, 0.6) is 0 Å². The van der Waals surface area contributed by atoms with Crippen LogP contribution in [0.1, 0.15) is 18.4 Å². The SMILES string of the molecule is CCc1cc(S(=O)c2ccc(Cl)cc2)nc(C#N)n1. The molecule has 1 aromatic carbocycles. The van der Waals surface area contributed by atoms with Gasteiger partial charge in [0.05, 0.1) is 0 Å².